The van der Waals surface area contributed by atoms with Crippen molar-refractivity contribution in [3.63, 3.8) is 0 Å². The third kappa shape index (κ3) is 5.09. The van der Waals surface area contributed by atoms with Crippen LogP contribution >= 0.6 is 11.3 Å². The maximum Gasteiger partial charge on any atom is 0.419 e. The predicted octanol–water partition coefficient (Wildman–Crippen LogP) is 5.10. The highest BCUT2D eigenvalue weighted by molar-refractivity contribution is 7.14. The summed E-state index contributed by atoms with van der Waals surface area (Å²) in [5, 5.41) is 5.01. The van der Waals surface area contributed by atoms with Crippen LogP contribution in [0.2, 0.25) is 0 Å². The zero-order valence-corrected chi connectivity index (χ0v) is 19.4. The van der Waals surface area contributed by atoms with E-state index in [1.54, 1.807) is 37.8 Å². The fraction of sp³-hybridized carbons (Fsp3) is 0.348. The highest BCUT2D eigenvalue weighted by atomic mass is 32.1. The quantitative estimate of drug-likeness (QED) is 0.516. The molecule has 11 heteroatoms. The van der Waals surface area contributed by atoms with Crippen LogP contribution in [0.4, 0.5) is 24.1 Å². The Labute approximate surface area is 198 Å². The average molecular weight is 493 g/mol. The molecule has 1 N–H and O–H groups in total. The molecular formula is C23H23F3N4O3S. The van der Waals surface area contributed by atoms with Gasteiger partial charge in [-0.3, -0.25) is 4.79 Å². The number of ether oxygens (including phenoxy) is 2. The molecule has 0 radical (unpaired) electrons. The topological polar surface area (TPSA) is 76.6 Å². The Morgan fingerprint density at radius 1 is 1.24 bits per heavy atom. The van der Waals surface area contributed by atoms with Gasteiger partial charge in [0.05, 0.1) is 31.4 Å². The van der Waals surface area contributed by atoms with Gasteiger partial charge in [-0.15, -0.1) is 11.3 Å². The van der Waals surface area contributed by atoms with Crippen LogP contribution in [-0.4, -0.2) is 43.2 Å². The van der Waals surface area contributed by atoms with Crippen LogP contribution < -0.4 is 19.7 Å². The maximum absolute atomic E-state index is 13.4. The van der Waals surface area contributed by atoms with E-state index >= 15 is 0 Å². The Bertz CT molecular complexity index is 1170. The summed E-state index contributed by atoms with van der Waals surface area (Å²) in [7, 11) is 3.12. The molecule has 1 atom stereocenters. The molecule has 0 bridgehead atoms. The second-order valence-electron chi connectivity index (χ2n) is 7.75. The smallest absolute Gasteiger partial charge is 0.419 e. The van der Waals surface area contributed by atoms with E-state index in [1.165, 1.54) is 28.5 Å². The van der Waals surface area contributed by atoms with Crippen LogP contribution in [0, 0.1) is 5.92 Å². The first-order chi connectivity index (χ1) is 16.3. The molecule has 2 aromatic heterocycles. The van der Waals surface area contributed by atoms with Gasteiger partial charge in [0.2, 0.25) is 5.91 Å². The number of carbonyl (C=O) groups excluding carboxylic acids is 1. The first-order valence-corrected chi connectivity index (χ1v) is 11.4. The lowest BCUT2D eigenvalue weighted by Crippen LogP contribution is -2.41. The number of nitrogens with zero attached hydrogens (tertiary/aromatic N) is 3. The van der Waals surface area contributed by atoms with Gasteiger partial charge in [-0.05, 0) is 43.2 Å². The zero-order chi connectivity index (χ0) is 24.3. The fourth-order valence-electron chi connectivity index (χ4n) is 3.93. The number of aromatic nitrogens is 2. The monoisotopic (exact) mass is 492 g/mol. The Hall–Kier alpha value is -3.34. The Balaban J connectivity index is 1.48. The molecule has 1 aliphatic rings. The van der Waals surface area contributed by atoms with Gasteiger partial charge < -0.3 is 19.7 Å². The van der Waals surface area contributed by atoms with Crippen molar-refractivity contribution in [2.24, 2.45) is 5.92 Å². The van der Waals surface area contributed by atoms with Gasteiger partial charge in [-0.1, -0.05) is 0 Å². The molecule has 3 heterocycles. The summed E-state index contributed by atoms with van der Waals surface area (Å²) in [6, 6.07) is 7.62. The number of rotatable bonds is 6. The highest BCUT2D eigenvalue weighted by Crippen LogP contribution is 2.37. The summed E-state index contributed by atoms with van der Waals surface area (Å²) in [4.78, 5) is 22.9. The van der Waals surface area contributed by atoms with Gasteiger partial charge in [0, 0.05) is 30.2 Å². The second-order valence-corrected chi connectivity index (χ2v) is 8.61. The van der Waals surface area contributed by atoms with Gasteiger partial charge in [0.25, 0.3) is 0 Å². The first-order valence-electron chi connectivity index (χ1n) is 10.6. The predicted molar refractivity (Wildman–Crippen MR) is 123 cm³/mol. The molecule has 1 fully saturated rings. The van der Waals surface area contributed by atoms with Gasteiger partial charge in [-0.25, -0.2) is 9.97 Å². The average Bonchev–Trinajstić information content (AvgIpc) is 3.31. The summed E-state index contributed by atoms with van der Waals surface area (Å²) in [6.45, 7) is 0.550. The zero-order valence-electron chi connectivity index (χ0n) is 18.6. The second kappa shape index (κ2) is 9.88. The Morgan fingerprint density at radius 3 is 2.79 bits per heavy atom. The van der Waals surface area contributed by atoms with Gasteiger partial charge in [0.15, 0.2) is 5.13 Å². The van der Waals surface area contributed by atoms with Crippen LogP contribution in [0.15, 0.2) is 41.9 Å². The van der Waals surface area contributed by atoms with Crippen molar-refractivity contribution >= 4 is 28.2 Å². The summed E-state index contributed by atoms with van der Waals surface area (Å²) in [5.41, 5.74) is 0.537. The Morgan fingerprint density at radius 2 is 2.06 bits per heavy atom. The molecule has 34 heavy (non-hydrogen) atoms. The number of thiazole rings is 1. The molecule has 1 aliphatic heterocycles. The number of hydrogen-bond acceptors (Lipinski definition) is 7. The number of pyridine rings is 1. The molecule has 1 unspecified atom stereocenters. The van der Waals surface area contributed by atoms with E-state index in [0.717, 1.165) is 11.6 Å². The summed E-state index contributed by atoms with van der Waals surface area (Å²) >= 11 is 1.26. The minimum absolute atomic E-state index is 0.144. The molecule has 1 saturated heterocycles. The third-order valence-corrected chi connectivity index (χ3v) is 6.36. The van der Waals surface area contributed by atoms with E-state index in [1.807, 2.05) is 0 Å². The summed E-state index contributed by atoms with van der Waals surface area (Å²) in [5.74, 6) is 0.338. The number of alkyl halides is 3. The van der Waals surface area contributed by atoms with Crippen LogP contribution in [0.3, 0.4) is 0 Å². The first kappa shape index (κ1) is 23.8. The van der Waals surface area contributed by atoms with Gasteiger partial charge in [0.1, 0.15) is 17.3 Å². The number of benzene rings is 1. The molecular weight excluding hydrogens is 469 g/mol. The maximum atomic E-state index is 13.4. The molecule has 7 nitrogen and oxygen atoms in total. The minimum Gasteiger partial charge on any atom is -0.497 e. The van der Waals surface area contributed by atoms with Crippen molar-refractivity contribution in [1.82, 2.24) is 9.97 Å². The fourth-order valence-corrected chi connectivity index (χ4v) is 4.64. The molecule has 3 aromatic rings. The van der Waals surface area contributed by atoms with E-state index in [9.17, 15) is 18.0 Å². The van der Waals surface area contributed by atoms with Crippen LogP contribution in [0.1, 0.15) is 18.4 Å². The van der Waals surface area contributed by atoms with Gasteiger partial charge in [-0.2, -0.15) is 13.2 Å². The van der Waals surface area contributed by atoms with Crippen molar-refractivity contribution in [2.45, 2.75) is 19.0 Å². The molecule has 4 rings (SSSR count). The number of halogens is 3. The molecule has 1 amide bonds. The largest absolute Gasteiger partial charge is 0.497 e. The molecule has 0 aliphatic carbocycles. The third-order valence-electron chi connectivity index (χ3n) is 5.60. The van der Waals surface area contributed by atoms with Crippen molar-refractivity contribution in [3.05, 3.63) is 47.5 Å². The van der Waals surface area contributed by atoms with Crippen molar-refractivity contribution < 1.29 is 27.4 Å². The number of hydrogen-bond donors (Lipinski definition) is 1. The van der Waals surface area contributed by atoms with E-state index in [2.05, 4.69) is 15.3 Å². The summed E-state index contributed by atoms with van der Waals surface area (Å²) < 4.78 is 50.9. The Kier molecular flexibility index (Phi) is 6.92. The molecule has 0 spiro atoms. The van der Waals surface area contributed by atoms with Crippen molar-refractivity contribution in [2.75, 3.05) is 37.5 Å². The number of nitrogens with one attached hydrogen (secondary N) is 1. The molecule has 1 aromatic carbocycles. The standard InChI is InChI=1S/C23H23F3N4O3S/c1-32-15-7-8-19(33-2)16(11-15)18-13-34-22(28-18)29-21(31)14-5-4-10-30(12-14)20-17(23(24,25)26)6-3-9-27-20/h3,6-9,11,13-14H,4-5,10,12H2,1-2H3,(H,28,29,31). The normalized spacial score (nSPS) is 16.3. The number of anilines is 2. The lowest BCUT2D eigenvalue weighted by molar-refractivity contribution is -0.137. The van der Waals surface area contributed by atoms with Crippen LogP contribution in [-0.2, 0) is 11.0 Å². The van der Waals surface area contributed by atoms with Crippen molar-refractivity contribution in [1.29, 1.82) is 0 Å². The van der Waals surface area contributed by atoms with Gasteiger partial charge >= 0.3 is 6.18 Å². The highest BCUT2D eigenvalue weighted by Gasteiger charge is 2.37. The minimum atomic E-state index is -4.52. The molecule has 0 saturated carbocycles. The number of methoxy groups -OCH3 is 2. The van der Waals surface area contributed by atoms with E-state index in [4.69, 9.17) is 9.47 Å². The summed E-state index contributed by atoms with van der Waals surface area (Å²) in [6.07, 6.45) is -2.04. The number of carbonyl (C=O) groups is 1. The van der Waals surface area contributed by atoms with Crippen molar-refractivity contribution in [3.8, 4) is 22.8 Å². The number of piperidine rings is 1. The van der Waals surface area contributed by atoms with E-state index in [-0.39, 0.29) is 18.3 Å². The van der Waals surface area contributed by atoms with Crippen LogP contribution in [0.25, 0.3) is 11.3 Å². The molecule has 180 valence electrons. The van der Waals surface area contributed by atoms with E-state index in [0.29, 0.717) is 41.7 Å². The lowest BCUT2D eigenvalue weighted by atomic mass is 9.97. The van der Waals surface area contributed by atoms with E-state index < -0.39 is 17.7 Å². The number of amides is 1. The lowest BCUT2D eigenvalue weighted by Gasteiger charge is -2.34. The van der Waals surface area contributed by atoms with Crippen LogP contribution in [0.5, 0.6) is 11.5 Å². The SMILES string of the molecule is COc1ccc(OC)c(-c2csc(NC(=O)C3CCCN(c4ncccc4C(F)(F)F)C3)n2)c1.